The number of nitrogens with zero attached hydrogens (tertiary/aromatic N) is 1. The van der Waals surface area contributed by atoms with Crippen molar-refractivity contribution in [3.8, 4) is 0 Å². The number of rotatable bonds is 5. The van der Waals surface area contributed by atoms with Crippen LogP contribution in [0.2, 0.25) is 0 Å². The van der Waals surface area contributed by atoms with E-state index >= 15 is 0 Å². The number of amides is 3. The fraction of sp³-hybridized carbons (Fsp3) is 0.609. The van der Waals surface area contributed by atoms with Gasteiger partial charge in [0.2, 0.25) is 17.7 Å². The molecule has 1 saturated carbocycles. The van der Waals surface area contributed by atoms with E-state index < -0.39 is 17.4 Å². The fourth-order valence-electron chi connectivity index (χ4n) is 6.22. The van der Waals surface area contributed by atoms with Gasteiger partial charge in [-0.15, -0.1) is 0 Å². The van der Waals surface area contributed by atoms with Crippen molar-refractivity contribution in [2.75, 3.05) is 17.3 Å². The van der Waals surface area contributed by atoms with Crippen molar-refractivity contribution < 1.29 is 14.4 Å². The van der Waals surface area contributed by atoms with E-state index in [1.165, 1.54) is 0 Å². The van der Waals surface area contributed by atoms with Crippen molar-refractivity contribution in [1.29, 1.82) is 0 Å². The van der Waals surface area contributed by atoms with Crippen molar-refractivity contribution in [3.05, 3.63) is 29.3 Å². The maximum Gasteiger partial charge on any atom is 0.250 e. The summed E-state index contributed by atoms with van der Waals surface area (Å²) in [5.74, 6) is -0.653. The first-order valence-corrected chi connectivity index (χ1v) is 12.5. The minimum atomic E-state index is -1.14. The number of hydrogen-bond acceptors (Lipinski definition) is 5. The summed E-state index contributed by atoms with van der Waals surface area (Å²) in [6.45, 7) is 2.06. The lowest BCUT2D eigenvalue weighted by Crippen LogP contribution is -2.54. The second-order valence-corrected chi connectivity index (χ2v) is 9.96. The molecule has 1 aromatic rings. The SMILES string of the molecule is CCc1cccc2c1NC(=O)[C@@]21N[C@@H](CCSC)[C@H]2C(=O)N(C3CCCC3)C(=O)[C@@H]21. The number of para-hydroxylation sites is 1. The number of anilines is 1. The number of aryl methyl sites for hydroxylation is 1. The summed E-state index contributed by atoms with van der Waals surface area (Å²) in [6, 6.07) is 5.75. The minimum Gasteiger partial charge on any atom is -0.324 e. The Morgan fingerprint density at radius 3 is 2.63 bits per heavy atom. The van der Waals surface area contributed by atoms with E-state index in [1.54, 1.807) is 16.7 Å². The molecule has 1 aromatic carbocycles. The molecule has 2 N–H and O–H groups in total. The molecule has 5 rings (SSSR count). The quantitative estimate of drug-likeness (QED) is 0.707. The largest absolute Gasteiger partial charge is 0.324 e. The number of nitrogens with one attached hydrogen (secondary N) is 2. The minimum absolute atomic E-state index is 0.000221. The van der Waals surface area contributed by atoms with Gasteiger partial charge in [0.25, 0.3) is 0 Å². The molecule has 0 aromatic heterocycles. The van der Waals surface area contributed by atoms with Crippen molar-refractivity contribution in [1.82, 2.24) is 10.2 Å². The molecule has 7 heteroatoms. The zero-order valence-corrected chi connectivity index (χ0v) is 18.4. The summed E-state index contributed by atoms with van der Waals surface area (Å²) in [5.41, 5.74) is 1.58. The first kappa shape index (κ1) is 20.1. The van der Waals surface area contributed by atoms with Gasteiger partial charge in [0, 0.05) is 23.3 Å². The van der Waals surface area contributed by atoms with Gasteiger partial charge in [0.15, 0.2) is 0 Å². The van der Waals surface area contributed by atoms with Crippen LogP contribution in [0.25, 0.3) is 0 Å². The third kappa shape index (κ3) is 2.57. The number of carbonyl (C=O) groups excluding carboxylic acids is 3. The Labute approximate surface area is 181 Å². The number of imide groups is 1. The Hall–Kier alpha value is -1.86. The van der Waals surface area contributed by atoms with Crippen LogP contribution in [0.3, 0.4) is 0 Å². The Morgan fingerprint density at radius 2 is 1.93 bits per heavy atom. The van der Waals surface area contributed by atoms with E-state index in [4.69, 9.17) is 0 Å². The fourth-order valence-corrected chi connectivity index (χ4v) is 6.71. The summed E-state index contributed by atoms with van der Waals surface area (Å²) in [6.07, 6.45) is 7.48. The van der Waals surface area contributed by atoms with Gasteiger partial charge >= 0.3 is 0 Å². The number of fused-ring (bicyclic) bond motifs is 4. The van der Waals surface area contributed by atoms with Crippen molar-refractivity contribution in [2.24, 2.45) is 11.8 Å². The van der Waals surface area contributed by atoms with Crippen LogP contribution in [-0.4, -0.2) is 46.7 Å². The third-order valence-electron chi connectivity index (χ3n) is 7.57. The van der Waals surface area contributed by atoms with Crippen molar-refractivity contribution >= 4 is 35.2 Å². The van der Waals surface area contributed by atoms with Crippen molar-refractivity contribution in [3.63, 3.8) is 0 Å². The zero-order chi connectivity index (χ0) is 21.0. The van der Waals surface area contributed by atoms with E-state index in [-0.39, 0.29) is 29.8 Å². The van der Waals surface area contributed by atoms with E-state index in [0.717, 1.165) is 61.1 Å². The monoisotopic (exact) mass is 427 g/mol. The second kappa shape index (κ2) is 7.38. The Balaban J connectivity index is 1.63. The van der Waals surface area contributed by atoms with Crippen molar-refractivity contribution in [2.45, 2.75) is 63.1 Å². The predicted molar refractivity (Wildman–Crippen MR) is 117 cm³/mol. The van der Waals surface area contributed by atoms with Gasteiger partial charge in [-0.25, -0.2) is 0 Å². The maximum atomic E-state index is 13.8. The maximum absolute atomic E-state index is 13.8. The molecule has 3 heterocycles. The smallest absolute Gasteiger partial charge is 0.250 e. The highest BCUT2D eigenvalue weighted by molar-refractivity contribution is 7.98. The highest BCUT2D eigenvalue weighted by Gasteiger charge is 2.70. The molecule has 4 aliphatic rings. The first-order chi connectivity index (χ1) is 14.5. The number of hydrogen-bond donors (Lipinski definition) is 2. The van der Waals surface area contributed by atoms with Crippen LogP contribution in [0, 0.1) is 11.8 Å². The zero-order valence-electron chi connectivity index (χ0n) is 17.6. The highest BCUT2D eigenvalue weighted by atomic mass is 32.2. The average molecular weight is 428 g/mol. The van der Waals surface area contributed by atoms with E-state index in [1.807, 2.05) is 24.5 Å². The van der Waals surface area contributed by atoms with Crippen LogP contribution in [0.5, 0.6) is 0 Å². The normalized spacial score (nSPS) is 32.9. The molecule has 3 aliphatic heterocycles. The molecule has 1 spiro atoms. The summed E-state index contributed by atoms with van der Waals surface area (Å²) in [4.78, 5) is 42.4. The first-order valence-electron chi connectivity index (χ1n) is 11.1. The summed E-state index contributed by atoms with van der Waals surface area (Å²) >= 11 is 1.72. The molecule has 1 aliphatic carbocycles. The molecule has 30 heavy (non-hydrogen) atoms. The third-order valence-corrected chi connectivity index (χ3v) is 8.22. The average Bonchev–Trinajstić information content (AvgIpc) is 3.48. The lowest BCUT2D eigenvalue weighted by atomic mass is 9.76. The Kier molecular flexibility index (Phi) is 4.93. The Morgan fingerprint density at radius 1 is 1.17 bits per heavy atom. The van der Waals surface area contributed by atoms with E-state index in [9.17, 15) is 14.4 Å². The molecule has 160 valence electrons. The number of benzene rings is 1. The molecule has 2 saturated heterocycles. The van der Waals surface area contributed by atoms with Gasteiger partial charge < -0.3 is 5.32 Å². The lowest BCUT2D eigenvalue weighted by Gasteiger charge is -2.31. The van der Waals surface area contributed by atoms with E-state index in [0.29, 0.717) is 0 Å². The van der Waals surface area contributed by atoms with Gasteiger partial charge in [-0.1, -0.05) is 38.0 Å². The van der Waals surface area contributed by atoms with Crippen LogP contribution < -0.4 is 10.6 Å². The highest BCUT2D eigenvalue weighted by Crippen LogP contribution is 2.54. The second-order valence-electron chi connectivity index (χ2n) is 8.98. The Bertz CT molecular complexity index is 913. The topological polar surface area (TPSA) is 78.5 Å². The summed E-state index contributed by atoms with van der Waals surface area (Å²) in [7, 11) is 0. The molecular formula is C23H29N3O3S. The molecule has 6 nitrogen and oxygen atoms in total. The van der Waals surface area contributed by atoms with Gasteiger partial charge in [0.1, 0.15) is 5.54 Å². The number of likely N-dealkylation sites (tertiary alicyclic amines) is 1. The van der Waals surface area contributed by atoms with Gasteiger partial charge in [-0.2, -0.15) is 11.8 Å². The number of thioether (sulfide) groups is 1. The standard InChI is InChI=1S/C23H29N3O3S/c1-3-13-7-6-10-15-19(13)24-22(29)23(15)18-17(16(25-23)11-12-30-2)20(27)26(21(18)28)14-8-4-5-9-14/h6-7,10,14,16-18,25H,3-5,8-9,11-12H2,1-2H3,(H,24,29)/t16-,17+,18+,23+/m0/s1. The molecule has 3 fully saturated rings. The van der Waals surface area contributed by atoms with Crippen LogP contribution >= 0.6 is 11.8 Å². The molecular weight excluding hydrogens is 398 g/mol. The summed E-state index contributed by atoms with van der Waals surface area (Å²) in [5, 5.41) is 6.61. The predicted octanol–water partition coefficient (Wildman–Crippen LogP) is 2.67. The molecule has 0 unspecified atom stereocenters. The van der Waals surface area contributed by atoms with Gasteiger partial charge in [-0.3, -0.25) is 24.6 Å². The van der Waals surface area contributed by atoms with Crippen LogP contribution in [0.1, 0.15) is 50.2 Å². The molecule has 0 bridgehead atoms. The molecule has 4 atom stereocenters. The number of carbonyl (C=O) groups is 3. The lowest BCUT2D eigenvalue weighted by molar-refractivity contribution is -0.145. The van der Waals surface area contributed by atoms with Gasteiger partial charge in [-0.05, 0) is 43.3 Å². The van der Waals surface area contributed by atoms with Gasteiger partial charge in [0.05, 0.1) is 11.8 Å². The molecule has 0 radical (unpaired) electrons. The van der Waals surface area contributed by atoms with Crippen LogP contribution in [0.15, 0.2) is 18.2 Å². The van der Waals surface area contributed by atoms with E-state index in [2.05, 4.69) is 17.6 Å². The summed E-state index contributed by atoms with van der Waals surface area (Å²) < 4.78 is 0. The van der Waals surface area contributed by atoms with Crippen LogP contribution in [-0.2, 0) is 26.3 Å². The molecule has 3 amide bonds. The van der Waals surface area contributed by atoms with Crippen LogP contribution in [0.4, 0.5) is 5.69 Å².